The Morgan fingerprint density at radius 3 is 2.50 bits per heavy atom. The lowest BCUT2D eigenvalue weighted by atomic mass is 9.95. The van der Waals surface area contributed by atoms with E-state index in [9.17, 15) is 4.79 Å². The minimum Gasteiger partial charge on any atom is -0.296 e. The predicted molar refractivity (Wildman–Crippen MR) is 129 cm³/mol. The number of thiocarbonyl (C=S) groups is 1. The van der Waals surface area contributed by atoms with Gasteiger partial charge in [0.25, 0.3) is 5.91 Å². The molecule has 0 atom stereocenters. The van der Waals surface area contributed by atoms with Crippen molar-refractivity contribution < 1.29 is 4.79 Å². The average molecular weight is 434 g/mol. The third-order valence-corrected chi connectivity index (χ3v) is 6.70. The Bertz CT molecular complexity index is 1160. The maximum atomic E-state index is 12.6. The molecule has 1 aliphatic rings. The predicted octanol–water partition coefficient (Wildman–Crippen LogP) is 5.80. The summed E-state index contributed by atoms with van der Waals surface area (Å²) in [7, 11) is 1.71. The Labute approximate surface area is 186 Å². The van der Waals surface area contributed by atoms with Crippen LogP contribution in [0.3, 0.4) is 0 Å². The largest absolute Gasteiger partial charge is 0.296 e. The lowest BCUT2D eigenvalue weighted by molar-refractivity contribution is -0.121. The van der Waals surface area contributed by atoms with Crippen LogP contribution in [0.1, 0.15) is 36.5 Å². The topological polar surface area (TPSA) is 38.1 Å². The van der Waals surface area contributed by atoms with E-state index >= 15 is 0 Å². The summed E-state index contributed by atoms with van der Waals surface area (Å²) in [5.41, 5.74) is 6.22. The normalized spacial score (nSPS) is 15.6. The smallest absolute Gasteiger partial charge is 0.265 e. The molecule has 0 aliphatic carbocycles. The first-order valence-corrected chi connectivity index (χ1v) is 11.0. The molecule has 2 heterocycles. The van der Waals surface area contributed by atoms with Gasteiger partial charge in [-0.25, -0.2) is 4.68 Å². The van der Waals surface area contributed by atoms with Crippen LogP contribution in [0.4, 0.5) is 0 Å². The van der Waals surface area contributed by atoms with E-state index in [0.29, 0.717) is 15.1 Å². The summed E-state index contributed by atoms with van der Waals surface area (Å²) in [5.74, 6) is 0.344. The standard InChI is InChI=1S/C24H23N3OS2/c1-15(2)17-11-10-16(3)20(12-17)22-18(13-21-23(28)26(4)24(29)30-21)14-27(25-22)19-8-6-5-7-9-19/h5-15H,1-4H3/b21-13+. The zero-order valence-electron chi connectivity index (χ0n) is 17.4. The van der Waals surface area contributed by atoms with Gasteiger partial charge < -0.3 is 0 Å². The highest BCUT2D eigenvalue weighted by Gasteiger charge is 2.29. The fourth-order valence-corrected chi connectivity index (χ4v) is 4.53. The van der Waals surface area contributed by atoms with E-state index in [1.807, 2.05) is 47.3 Å². The number of carbonyl (C=O) groups is 1. The number of hydrogen-bond acceptors (Lipinski definition) is 4. The van der Waals surface area contributed by atoms with Gasteiger partial charge in [-0.05, 0) is 48.2 Å². The van der Waals surface area contributed by atoms with Gasteiger partial charge in [-0.15, -0.1) is 0 Å². The van der Waals surface area contributed by atoms with Gasteiger partial charge in [-0.3, -0.25) is 9.69 Å². The van der Waals surface area contributed by atoms with Gasteiger partial charge in [0.1, 0.15) is 10.0 Å². The second-order valence-electron chi connectivity index (χ2n) is 7.68. The van der Waals surface area contributed by atoms with Crippen molar-refractivity contribution in [2.24, 2.45) is 0 Å². The Morgan fingerprint density at radius 1 is 1.13 bits per heavy atom. The molecule has 0 unspecified atom stereocenters. The van der Waals surface area contributed by atoms with E-state index in [-0.39, 0.29) is 5.91 Å². The maximum absolute atomic E-state index is 12.6. The van der Waals surface area contributed by atoms with Crippen LogP contribution in [0.2, 0.25) is 0 Å². The second-order valence-corrected chi connectivity index (χ2v) is 9.36. The molecule has 3 aromatic rings. The summed E-state index contributed by atoms with van der Waals surface area (Å²) in [6, 6.07) is 16.5. The van der Waals surface area contributed by atoms with Crippen molar-refractivity contribution in [1.82, 2.24) is 14.7 Å². The van der Waals surface area contributed by atoms with E-state index in [2.05, 4.69) is 39.0 Å². The van der Waals surface area contributed by atoms with E-state index in [1.54, 1.807) is 7.05 Å². The molecule has 4 rings (SSSR count). The Kier molecular flexibility index (Phi) is 5.62. The minimum atomic E-state index is -0.0731. The van der Waals surface area contributed by atoms with Crippen LogP contribution in [0.5, 0.6) is 0 Å². The fraction of sp³-hybridized carbons (Fsp3) is 0.208. The molecule has 0 radical (unpaired) electrons. The number of hydrogen-bond donors (Lipinski definition) is 0. The highest BCUT2D eigenvalue weighted by molar-refractivity contribution is 8.26. The van der Waals surface area contributed by atoms with E-state index in [4.69, 9.17) is 17.3 Å². The summed E-state index contributed by atoms with van der Waals surface area (Å²) < 4.78 is 2.44. The van der Waals surface area contributed by atoms with E-state index < -0.39 is 0 Å². The zero-order chi connectivity index (χ0) is 21.4. The molecule has 0 saturated carbocycles. The molecule has 1 amide bonds. The molecule has 0 N–H and O–H groups in total. The Morgan fingerprint density at radius 2 is 1.87 bits per heavy atom. The van der Waals surface area contributed by atoms with Crippen molar-refractivity contribution in [3.63, 3.8) is 0 Å². The number of benzene rings is 2. The highest BCUT2D eigenvalue weighted by atomic mass is 32.2. The molecule has 30 heavy (non-hydrogen) atoms. The van der Waals surface area contributed by atoms with Gasteiger partial charge in [0, 0.05) is 24.4 Å². The molecular formula is C24H23N3OS2. The highest BCUT2D eigenvalue weighted by Crippen LogP contribution is 2.35. The summed E-state index contributed by atoms with van der Waals surface area (Å²) >= 11 is 6.62. The SMILES string of the molecule is Cc1ccc(C(C)C)cc1-c1nn(-c2ccccc2)cc1/C=C1/SC(=S)N(C)C1=O. The van der Waals surface area contributed by atoms with Crippen LogP contribution >= 0.6 is 24.0 Å². The van der Waals surface area contributed by atoms with Crippen LogP contribution in [0.25, 0.3) is 23.0 Å². The molecular weight excluding hydrogens is 410 g/mol. The molecule has 2 aromatic carbocycles. The van der Waals surface area contributed by atoms with Crippen LogP contribution in [-0.2, 0) is 4.79 Å². The lowest BCUT2D eigenvalue weighted by Crippen LogP contribution is -2.22. The molecule has 1 fully saturated rings. The first kappa shape index (κ1) is 20.6. The first-order valence-electron chi connectivity index (χ1n) is 9.82. The van der Waals surface area contributed by atoms with Gasteiger partial charge >= 0.3 is 0 Å². The summed E-state index contributed by atoms with van der Waals surface area (Å²) in [6.45, 7) is 6.46. The number of amides is 1. The van der Waals surface area contributed by atoms with Gasteiger partial charge in [-0.2, -0.15) is 5.10 Å². The van der Waals surface area contributed by atoms with Crippen molar-refractivity contribution in [1.29, 1.82) is 0 Å². The quantitative estimate of drug-likeness (QED) is 0.385. The lowest BCUT2D eigenvalue weighted by Gasteiger charge is -2.11. The van der Waals surface area contributed by atoms with Gasteiger partial charge in [0.05, 0.1) is 10.6 Å². The first-order chi connectivity index (χ1) is 14.3. The van der Waals surface area contributed by atoms with Crippen LogP contribution in [0, 0.1) is 6.92 Å². The molecule has 1 aromatic heterocycles. The summed E-state index contributed by atoms with van der Waals surface area (Å²) in [6.07, 6.45) is 3.89. The molecule has 1 saturated heterocycles. The van der Waals surface area contributed by atoms with Gasteiger partial charge in [0.15, 0.2) is 0 Å². The van der Waals surface area contributed by atoms with Crippen LogP contribution in [0.15, 0.2) is 59.6 Å². The number of para-hydroxylation sites is 1. The number of aryl methyl sites for hydroxylation is 1. The van der Waals surface area contributed by atoms with E-state index in [0.717, 1.165) is 28.1 Å². The van der Waals surface area contributed by atoms with Crippen LogP contribution in [-0.4, -0.2) is 32.0 Å². The summed E-state index contributed by atoms with van der Waals surface area (Å²) in [4.78, 5) is 14.7. The number of nitrogens with zero attached hydrogens (tertiary/aromatic N) is 3. The third kappa shape index (κ3) is 3.85. The van der Waals surface area contributed by atoms with Crippen molar-refractivity contribution in [2.45, 2.75) is 26.7 Å². The molecule has 6 heteroatoms. The third-order valence-electron chi connectivity index (χ3n) is 5.22. The van der Waals surface area contributed by atoms with E-state index in [1.165, 1.54) is 22.2 Å². The molecule has 0 spiro atoms. The van der Waals surface area contributed by atoms with Gasteiger partial charge in [0.2, 0.25) is 0 Å². The van der Waals surface area contributed by atoms with Crippen molar-refractivity contribution >= 4 is 40.3 Å². The van der Waals surface area contributed by atoms with Crippen LogP contribution < -0.4 is 0 Å². The van der Waals surface area contributed by atoms with Crippen molar-refractivity contribution in [2.75, 3.05) is 7.05 Å². The molecule has 152 valence electrons. The number of thioether (sulfide) groups is 1. The number of carbonyl (C=O) groups excluding carboxylic acids is 1. The van der Waals surface area contributed by atoms with Gasteiger partial charge in [-0.1, -0.05) is 68.2 Å². The molecule has 4 nitrogen and oxygen atoms in total. The van der Waals surface area contributed by atoms with Crippen molar-refractivity contribution in [3.05, 3.63) is 76.3 Å². The number of likely N-dealkylation sites (N-methyl/N-ethyl adjacent to an activating group) is 1. The Balaban J connectivity index is 1.90. The monoisotopic (exact) mass is 433 g/mol. The Hall–Kier alpha value is -2.70. The minimum absolute atomic E-state index is 0.0731. The number of rotatable bonds is 4. The maximum Gasteiger partial charge on any atom is 0.265 e. The molecule has 1 aliphatic heterocycles. The van der Waals surface area contributed by atoms with Crippen molar-refractivity contribution in [3.8, 4) is 16.9 Å². The molecule has 0 bridgehead atoms. The summed E-state index contributed by atoms with van der Waals surface area (Å²) in [5, 5.41) is 4.92. The number of aromatic nitrogens is 2. The second kappa shape index (κ2) is 8.20. The zero-order valence-corrected chi connectivity index (χ0v) is 19.1. The fourth-order valence-electron chi connectivity index (χ4n) is 3.36. The average Bonchev–Trinajstić information content (AvgIpc) is 3.26.